The van der Waals surface area contributed by atoms with Crippen LogP contribution in [0.25, 0.3) is 0 Å². The number of thiocarbonyl (C=S) groups is 1. The van der Waals surface area contributed by atoms with Crippen molar-refractivity contribution < 1.29 is 0 Å². The van der Waals surface area contributed by atoms with Crippen molar-refractivity contribution in [2.75, 3.05) is 5.32 Å². The van der Waals surface area contributed by atoms with Crippen LogP contribution in [0.1, 0.15) is 11.4 Å². The third kappa shape index (κ3) is 2.61. The molecule has 1 aromatic heterocycles. The second-order valence-electron chi connectivity index (χ2n) is 3.36. The summed E-state index contributed by atoms with van der Waals surface area (Å²) in [6.07, 6.45) is 1.52. The van der Waals surface area contributed by atoms with Gasteiger partial charge in [-0.15, -0.1) is 0 Å². The Morgan fingerprint density at radius 1 is 1.19 bits per heavy atom. The molecule has 80 valence electrons. The Labute approximate surface area is 99.6 Å². The Morgan fingerprint density at radius 2 is 1.94 bits per heavy atom. The Hall–Kier alpha value is -1.81. The summed E-state index contributed by atoms with van der Waals surface area (Å²) < 4.78 is 0. The van der Waals surface area contributed by atoms with E-state index in [1.807, 2.05) is 43.3 Å². The molecular formula is C12H11N3S. The molecule has 0 saturated carbocycles. The van der Waals surface area contributed by atoms with Crippen LogP contribution in [0.4, 0.5) is 5.69 Å². The minimum absolute atomic E-state index is 0.608. The molecule has 4 heteroatoms. The zero-order chi connectivity index (χ0) is 11.4. The van der Waals surface area contributed by atoms with E-state index in [1.54, 1.807) is 0 Å². The van der Waals surface area contributed by atoms with Crippen LogP contribution in [-0.2, 0) is 0 Å². The lowest BCUT2D eigenvalue weighted by Crippen LogP contribution is -2.12. The SMILES string of the molecule is Cc1cc(C(=S)Nc2ccccc2)ncn1. The van der Waals surface area contributed by atoms with E-state index in [1.165, 1.54) is 6.33 Å². The first-order chi connectivity index (χ1) is 7.75. The van der Waals surface area contributed by atoms with Gasteiger partial charge in [-0.2, -0.15) is 0 Å². The quantitative estimate of drug-likeness (QED) is 0.803. The average Bonchev–Trinajstić information content (AvgIpc) is 2.30. The van der Waals surface area contributed by atoms with Crippen LogP contribution in [0.5, 0.6) is 0 Å². The van der Waals surface area contributed by atoms with Crippen LogP contribution in [-0.4, -0.2) is 15.0 Å². The summed E-state index contributed by atoms with van der Waals surface area (Å²) in [4.78, 5) is 8.76. The van der Waals surface area contributed by atoms with E-state index < -0.39 is 0 Å². The number of aromatic nitrogens is 2. The molecule has 0 amide bonds. The zero-order valence-corrected chi connectivity index (χ0v) is 9.66. The highest BCUT2D eigenvalue weighted by Gasteiger charge is 2.03. The molecule has 3 nitrogen and oxygen atoms in total. The van der Waals surface area contributed by atoms with Gasteiger partial charge in [-0.05, 0) is 25.1 Å². The summed E-state index contributed by atoms with van der Waals surface area (Å²) in [5.74, 6) is 0. The van der Waals surface area contributed by atoms with Crippen LogP contribution < -0.4 is 5.32 Å². The minimum atomic E-state index is 0.608. The second kappa shape index (κ2) is 4.81. The molecule has 2 rings (SSSR count). The summed E-state index contributed by atoms with van der Waals surface area (Å²) in [5, 5.41) is 3.13. The molecular weight excluding hydrogens is 218 g/mol. The fourth-order valence-electron chi connectivity index (χ4n) is 1.30. The molecule has 16 heavy (non-hydrogen) atoms. The smallest absolute Gasteiger partial charge is 0.129 e. The number of hydrogen-bond donors (Lipinski definition) is 1. The Bertz CT molecular complexity index is 497. The van der Waals surface area contributed by atoms with Crippen molar-refractivity contribution in [3.05, 3.63) is 54.1 Å². The predicted octanol–water partition coefficient (Wildman–Crippen LogP) is 2.57. The Kier molecular flexibility index (Phi) is 3.22. The molecule has 0 atom stereocenters. The van der Waals surface area contributed by atoms with E-state index in [9.17, 15) is 0 Å². The van der Waals surface area contributed by atoms with E-state index in [2.05, 4.69) is 15.3 Å². The van der Waals surface area contributed by atoms with Crippen LogP contribution >= 0.6 is 12.2 Å². The summed E-state index contributed by atoms with van der Waals surface area (Å²) in [7, 11) is 0. The van der Waals surface area contributed by atoms with Crippen molar-refractivity contribution >= 4 is 22.9 Å². The highest BCUT2D eigenvalue weighted by Crippen LogP contribution is 2.08. The zero-order valence-electron chi connectivity index (χ0n) is 8.84. The second-order valence-corrected chi connectivity index (χ2v) is 3.77. The fraction of sp³-hybridized carbons (Fsp3) is 0.0833. The van der Waals surface area contributed by atoms with Crippen LogP contribution in [0, 0.1) is 6.92 Å². The highest BCUT2D eigenvalue weighted by molar-refractivity contribution is 7.81. The van der Waals surface area contributed by atoms with E-state index in [4.69, 9.17) is 12.2 Å². The topological polar surface area (TPSA) is 37.8 Å². The number of nitrogens with zero attached hydrogens (tertiary/aromatic N) is 2. The minimum Gasteiger partial charge on any atom is -0.345 e. The van der Waals surface area contributed by atoms with Crippen molar-refractivity contribution in [3.8, 4) is 0 Å². The third-order valence-corrected chi connectivity index (χ3v) is 2.38. The molecule has 0 aliphatic carbocycles. The molecule has 1 heterocycles. The number of anilines is 1. The average molecular weight is 229 g/mol. The normalized spacial score (nSPS) is 9.81. The molecule has 0 spiro atoms. The molecule has 0 unspecified atom stereocenters. The van der Waals surface area contributed by atoms with Gasteiger partial charge in [-0.25, -0.2) is 9.97 Å². The van der Waals surface area contributed by atoms with Crippen molar-refractivity contribution in [2.45, 2.75) is 6.92 Å². The summed E-state index contributed by atoms with van der Waals surface area (Å²) in [6.45, 7) is 1.91. The molecule has 0 aliphatic heterocycles. The predicted molar refractivity (Wildman–Crippen MR) is 68.5 cm³/mol. The number of aryl methyl sites for hydroxylation is 1. The molecule has 0 fully saturated rings. The first kappa shape index (κ1) is 10.7. The summed E-state index contributed by atoms with van der Waals surface area (Å²) >= 11 is 5.26. The van der Waals surface area contributed by atoms with Gasteiger partial charge in [0.25, 0.3) is 0 Å². The largest absolute Gasteiger partial charge is 0.345 e. The van der Waals surface area contributed by atoms with Crippen molar-refractivity contribution in [2.24, 2.45) is 0 Å². The Morgan fingerprint density at radius 3 is 2.62 bits per heavy atom. The molecule has 0 bridgehead atoms. The molecule has 2 aromatic rings. The monoisotopic (exact) mass is 229 g/mol. The summed E-state index contributed by atoms with van der Waals surface area (Å²) in [5.41, 5.74) is 2.61. The lowest BCUT2D eigenvalue weighted by atomic mass is 10.3. The van der Waals surface area contributed by atoms with Gasteiger partial charge in [0.15, 0.2) is 0 Å². The van der Waals surface area contributed by atoms with Gasteiger partial charge in [0, 0.05) is 11.4 Å². The molecule has 0 aliphatic rings. The van der Waals surface area contributed by atoms with Crippen LogP contribution in [0.3, 0.4) is 0 Å². The first-order valence-corrected chi connectivity index (χ1v) is 5.31. The first-order valence-electron chi connectivity index (χ1n) is 4.91. The number of nitrogens with one attached hydrogen (secondary N) is 1. The molecule has 0 radical (unpaired) electrons. The van der Waals surface area contributed by atoms with Crippen molar-refractivity contribution in [3.63, 3.8) is 0 Å². The number of para-hydroxylation sites is 1. The van der Waals surface area contributed by atoms with Gasteiger partial charge in [0.05, 0.1) is 0 Å². The van der Waals surface area contributed by atoms with Gasteiger partial charge in [0.1, 0.15) is 17.0 Å². The maximum absolute atomic E-state index is 5.26. The van der Waals surface area contributed by atoms with Crippen LogP contribution in [0.15, 0.2) is 42.7 Å². The van der Waals surface area contributed by atoms with Crippen molar-refractivity contribution in [1.82, 2.24) is 9.97 Å². The summed E-state index contributed by atoms with van der Waals surface area (Å²) in [6, 6.07) is 11.6. The number of hydrogen-bond acceptors (Lipinski definition) is 3. The maximum Gasteiger partial charge on any atom is 0.129 e. The van der Waals surface area contributed by atoms with E-state index in [0.717, 1.165) is 17.1 Å². The third-order valence-electron chi connectivity index (χ3n) is 2.07. The van der Waals surface area contributed by atoms with E-state index in [0.29, 0.717) is 4.99 Å². The van der Waals surface area contributed by atoms with E-state index in [-0.39, 0.29) is 0 Å². The van der Waals surface area contributed by atoms with E-state index >= 15 is 0 Å². The van der Waals surface area contributed by atoms with Gasteiger partial charge in [-0.3, -0.25) is 0 Å². The highest BCUT2D eigenvalue weighted by atomic mass is 32.1. The number of benzene rings is 1. The maximum atomic E-state index is 5.26. The van der Waals surface area contributed by atoms with Gasteiger partial charge < -0.3 is 5.32 Å². The standard InChI is InChI=1S/C12H11N3S/c1-9-7-11(14-8-13-9)12(16)15-10-5-3-2-4-6-10/h2-8H,1H3,(H,15,16). The van der Waals surface area contributed by atoms with Crippen molar-refractivity contribution in [1.29, 1.82) is 0 Å². The lowest BCUT2D eigenvalue weighted by Gasteiger charge is -2.06. The van der Waals surface area contributed by atoms with Crippen LogP contribution in [0.2, 0.25) is 0 Å². The number of rotatable bonds is 2. The molecule has 1 aromatic carbocycles. The Balaban J connectivity index is 2.15. The molecule has 0 saturated heterocycles. The molecule has 1 N–H and O–H groups in total. The fourth-order valence-corrected chi connectivity index (χ4v) is 1.52. The van der Waals surface area contributed by atoms with Gasteiger partial charge in [-0.1, -0.05) is 30.4 Å². The van der Waals surface area contributed by atoms with Gasteiger partial charge in [0.2, 0.25) is 0 Å². The lowest BCUT2D eigenvalue weighted by molar-refractivity contribution is 1.09. The van der Waals surface area contributed by atoms with Gasteiger partial charge >= 0.3 is 0 Å².